The van der Waals surface area contributed by atoms with Crippen molar-refractivity contribution < 1.29 is 4.39 Å². The highest BCUT2D eigenvalue weighted by molar-refractivity contribution is 5.48. The molecule has 0 heterocycles. The van der Waals surface area contributed by atoms with Gasteiger partial charge in [0.05, 0.1) is 6.04 Å². The first-order valence-electron chi connectivity index (χ1n) is 6.53. The summed E-state index contributed by atoms with van der Waals surface area (Å²) < 4.78 is 13.0. The number of nitrogens with two attached hydrogens (primary N) is 1. The largest absolute Gasteiger partial charge is 0.363 e. The van der Waals surface area contributed by atoms with Crippen molar-refractivity contribution in [2.45, 2.75) is 13.0 Å². The van der Waals surface area contributed by atoms with Crippen LogP contribution >= 0.6 is 0 Å². The molecule has 2 nitrogen and oxygen atoms in total. The quantitative estimate of drug-likeness (QED) is 0.891. The van der Waals surface area contributed by atoms with Crippen LogP contribution in [0.5, 0.6) is 0 Å². The molecule has 2 rings (SSSR count). The van der Waals surface area contributed by atoms with E-state index in [4.69, 9.17) is 5.73 Å². The molecule has 1 unspecified atom stereocenters. The second-order valence-electron chi connectivity index (χ2n) is 4.42. The number of hydrogen-bond acceptors (Lipinski definition) is 2. The second kappa shape index (κ2) is 6.34. The molecule has 0 fully saturated rings. The lowest BCUT2D eigenvalue weighted by Gasteiger charge is -2.32. The fourth-order valence-corrected chi connectivity index (χ4v) is 2.33. The van der Waals surface area contributed by atoms with Crippen LogP contribution in [0.1, 0.15) is 18.5 Å². The molecular formula is C16H19FN2. The normalized spacial score (nSPS) is 12.2. The van der Waals surface area contributed by atoms with E-state index in [-0.39, 0.29) is 11.9 Å². The standard InChI is InChI=1S/C16H19FN2/c1-2-19(15-6-4-3-5-7-15)16(12-18)13-8-10-14(17)11-9-13/h3-11,16H,2,12,18H2,1H3. The SMILES string of the molecule is CCN(c1ccccc1)C(CN)c1ccc(F)cc1. The lowest BCUT2D eigenvalue weighted by molar-refractivity contribution is 0.617. The molecular weight excluding hydrogens is 239 g/mol. The monoisotopic (exact) mass is 258 g/mol. The molecule has 100 valence electrons. The number of nitrogens with zero attached hydrogens (tertiary/aromatic N) is 1. The number of para-hydroxylation sites is 1. The maximum Gasteiger partial charge on any atom is 0.123 e. The molecule has 0 saturated heterocycles. The topological polar surface area (TPSA) is 29.3 Å². The summed E-state index contributed by atoms with van der Waals surface area (Å²) in [7, 11) is 0. The van der Waals surface area contributed by atoms with E-state index in [1.165, 1.54) is 12.1 Å². The zero-order chi connectivity index (χ0) is 13.7. The third-order valence-electron chi connectivity index (χ3n) is 3.28. The van der Waals surface area contributed by atoms with E-state index in [0.717, 1.165) is 17.8 Å². The molecule has 0 aliphatic rings. The Morgan fingerprint density at radius 1 is 1.05 bits per heavy atom. The van der Waals surface area contributed by atoms with E-state index < -0.39 is 0 Å². The van der Waals surface area contributed by atoms with Gasteiger partial charge < -0.3 is 10.6 Å². The first-order chi connectivity index (χ1) is 9.26. The highest BCUT2D eigenvalue weighted by Gasteiger charge is 2.17. The second-order valence-corrected chi connectivity index (χ2v) is 4.42. The van der Waals surface area contributed by atoms with E-state index in [1.54, 1.807) is 12.1 Å². The summed E-state index contributed by atoms with van der Waals surface area (Å²) in [5.74, 6) is -0.220. The van der Waals surface area contributed by atoms with E-state index in [0.29, 0.717) is 6.54 Å². The van der Waals surface area contributed by atoms with Gasteiger partial charge in [0.25, 0.3) is 0 Å². The molecule has 0 aliphatic carbocycles. The highest BCUT2D eigenvalue weighted by atomic mass is 19.1. The third kappa shape index (κ3) is 3.12. The van der Waals surface area contributed by atoms with Crippen LogP contribution in [-0.2, 0) is 0 Å². The fourth-order valence-electron chi connectivity index (χ4n) is 2.33. The average molecular weight is 258 g/mol. The van der Waals surface area contributed by atoms with E-state index >= 15 is 0 Å². The Labute approximate surface area is 113 Å². The van der Waals surface area contributed by atoms with Crippen LogP contribution < -0.4 is 10.6 Å². The van der Waals surface area contributed by atoms with Gasteiger partial charge in [-0.05, 0) is 36.8 Å². The molecule has 2 N–H and O–H groups in total. The molecule has 2 aromatic rings. The van der Waals surface area contributed by atoms with Gasteiger partial charge in [0.1, 0.15) is 5.82 Å². The number of hydrogen-bond donors (Lipinski definition) is 1. The highest BCUT2D eigenvalue weighted by Crippen LogP contribution is 2.26. The summed E-state index contributed by atoms with van der Waals surface area (Å²) in [5.41, 5.74) is 8.09. The molecule has 0 spiro atoms. The summed E-state index contributed by atoms with van der Waals surface area (Å²) in [5, 5.41) is 0. The summed E-state index contributed by atoms with van der Waals surface area (Å²) in [6, 6.07) is 16.8. The summed E-state index contributed by atoms with van der Waals surface area (Å²) in [4.78, 5) is 2.23. The van der Waals surface area contributed by atoms with Crippen molar-refractivity contribution in [3.05, 3.63) is 66.0 Å². The Kier molecular flexibility index (Phi) is 4.53. The van der Waals surface area contributed by atoms with Crippen molar-refractivity contribution >= 4 is 5.69 Å². The van der Waals surface area contributed by atoms with Crippen LogP contribution in [0.3, 0.4) is 0 Å². The van der Waals surface area contributed by atoms with E-state index in [9.17, 15) is 4.39 Å². The smallest absolute Gasteiger partial charge is 0.123 e. The first-order valence-corrected chi connectivity index (χ1v) is 6.53. The van der Waals surface area contributed by atoms with Crippen LogP contribution in [0.25, 0.3) is 0 Å². The Balaban J connectivity index is 2.31. The number of rotatable bonds is 5. The Morgan fingerprint density at radius 3 is 2.21 bits per heavy atom. The molecule has 3 heteroatoms. The number of likely N-dealkylation sites (N-methyl/N-ethyl adjacent to an activating group) is 1. The van der Waals surface area contributed by atoms with Crippen LogP contribution in [0.2, 0.25) is 0 Å². The average Bonchev–Trinajstić information content (AvgIpc) is 2.47. The van der Waals surface area contributed by atoms with Gasteiger partial charge in [-0.1, -0.05) is 30.3 Å². The minimum absolute atomic E-state index is 0.0630. The van der Waals surface area contributed by atoms with Crippen molar-refractivity contribution in [2.75, 3.05) is 18.0 Å². The van der Waals surface area contributed by atoms with E-state index in [1.807, 2.05) is 18.2 Å². The maximum atomic E-state index is 13.0. The number of halogens is 1. The zero-order valence-corrected chi connectivity index (χ0v) is 11.1. The van der Waals surface area contributed by atoms with Crippen LogP contribution in [0, 0.1) is 5.82 Å². The van der Waals surface area contributed by atoms with Gasteiger partial charge in [0.2, 0.25) is 0 Å². The van der Waals surface area contributed by atoms with Crippen molar-refractivity contribution in [1.29, 1.82) is 0 Å². The predicted molar refractivity (Wildman–Crippen MR) is 77.7 cm³/mol. The summed E-state index contributed by atoms with van der Waals surface area (Å²) in [6.07, 6.45) is 0. The van der Waals surface area contributed by atoms with Gasteiger partial charge in [-0.15, -0.1) is 0 Å². The molecule has 0 saturated carbocycles. The minimum Gasteiger partial charge on any atom is -0.363 e. The van der Waals surface area contributed by atoms with Gasteiger partial charge >= 0.3 is 0 Å². The van der Waals surface area contributed by atoms with Crippen molar-refractivity contribution in [3.8, 4) is 0 Å². The minimum atomic E-state index is -0.220. The summed E-state index contributed by atoms with van der Waals surface area (Å²) >= 11 is 0. The fraction of sp³-hybridized carbons (Fsp3) is 0.250. The van der Waals surface area contributed by atoms with Gasteiger partial charge in [0, 0.05) is 18.8 Å². The van der Waals surface area contributed by atoms with Gasteiger partial charge in [-0.25, -0.2) is 4.39 Å². The van der Waals surface area contributed by atoms with E-state index in [2.05, 4.69) is 24.0 Å². The zero-order valence-electron chi connectivity index (χ0n) is 11.1. The lowest BCUT2D eigenvalue weighted by Crippen LogP contribution is -2.33. The Hall–Kier alpha value is -1.87. The molecule has 2 aromatic carbocycles. The Morgan fingerprint density at radius 2 is 1.68 bits per heavy atom. The molecule has 1 atom stereocenters. The molecule has 0 bridgehead atoms. The molecule has 0 aromatic heterocycles. The molecule has 0 radical (unpaired) electrons. The van der Waals surface area contributed by atoms with Crippen molar-refractivity contribution in [3.63, 3.8) is 0 Å². The molecule has 0 aliphatic heterocycles. The Bertz CT molecular complexity index is 496. The van der Waals surface area contributed by atoms with Crippen molar-refractivity contribution in [2.24, 2.45) is 5.73 Å². The molecule has 19 heavy (non-hydrogen) atoms. The lowest BCUT2D eigenvalue weighted by atomic mass is 10.0. The number of benzene rings is 2. The predicted octanol–water partition coefficient (Wildman–Crippen LogP) is 3.35. The van der Waals surface area contributed by atoms with Gasteiger partial charge in [-0.2, -0.15) is 0 Å². The van der Waals surface area contributed by atoms with Crippen LogP contribution in [-0.4, -0.2) is 13.1 Å². The number of anilines is 1. The third-order valence-corrected chi connectivity index (χ3v) is 3.28. The van der Waals surface area contributed by atoms with Gasteiger partial charge in [0.15, 0.2) is 0 Å². The summed E-state index contributed by atoms with van der Waals surface area (Å²) in [6.45, 7) is 3.44. The molecule has 0 amide bonds. The van der Waals surface area contributed by atoms with Crippen molar-refractivity contribution in [1.82, 2.24) is 0 Å². The maximum absolute atomic E-state index is 13.0. The van der Waals surface area contributed by atoms with Crippen LogP contribution in [0.15, 0.2) is 54.6 Å². The first kappa shape index (κ1) is 13.6. The van der Waals surface area contributed by atoms with Crippen LogP contribution in [0.4, 0.5) is 10.1 Å². The van der Waals surface area contributed by atoms with Gasteiger partial charge in [-0.3, -0.25) is 0 Å².